The van der Waals surface area contributed by atoms with E-state index in [1.54, 1.807) is 12.3 Å². The molecule has 1 saturated heterocycles. The fourth-order valence-corrected chi connectivity index (χ4v) is 2.52. The number of halogens is 1. The number of hydrogen-bond donors (Lipinski definition) is 3. The van der Waals surface area contributed by atoms with Crippen LogP contribution in [0.25, 0.3) is 5.57 Å². The lowest BCUT2D eigenvalue weighted by atomic mass is 10.1. The Morgan fingerprint density at radius 2 is 2.18 bits per heavy atom. The van der Waals surface area contributed by atoms with E-state index >= 15 is 0 Å². The van der Waals surface area contributed by atoms with Crippen molar-refractivity contribution >= 4 is 29.1 Å². The summed E-state index contributed by atoms with van der Waals surface area (Å²) < 4.78 is 5.35. The largest absolute Gasteiger partial charge is 0.387 e. The Labute approximate surface area is 136 Å². The van der Waals surface area contributed by atoms with Crippen LogP contribution in [0.15, 0.2) is 18.5 Å². The Morgan fingerprint density at radius 1 is 1.45 bits per heavy atom. The van der Waals surface area contributed by atoms with Gasteiger partial charge in [-0.05, 0) is 32.8 Å². The number of anilines is 1. The average Bonchev–Trinajstić information content (AvgIpc) is 2.50. The molecule has 0 radical (unpaired) electrons. The average molecular weight is 323 g/mol. The maximum atomic E-state index is 7.70. The van der Waals surface area contributed by atoms with Crippen molar-refractivity contribution in [1.29, 1.82) is 5.41 Å². The summed E-state index contributed by atoms with van der Waals surface area (Å²) in [6.07, 6.45) is 6.90. The van der Waals surface area contributed by atoms with Crippen LogP contribution in [0, 0.1) is 5.41 Å². The molecule has 1 fully saturated rings. The van der Waals surface area contributed by atoms with Gasteiger partial charge in [0.25, 0.3) is 0 Å². The molecule has 0 amide bonds. The first kappa shape index (κ1) is 16.8. The third kappa shape index (κ3) is 4.71. The molecule has 1 aromatic heterocycles. The summed E-state index contributed by atoms with van der Waals surface area (Å²) in [7, 11) is 0. The van der Waals surface area contributed by atoms with Crippen molar-refractivity contribution in [1.82, 2.24) is 10.3 Å². The summed E-state index contributed by atoms with van der Waals surface area (Å²) in [5.74, 6) is 0. The molecule has 0 atom stereocenters. The lowest BCUT2D eigenvalue weighted by Gasteiger charge is -2.23. The Balaban J connectivity index is 2.20. The molecule has 0 unspecified atom stereocenters. The van der Waals surface area contributed by atoms with E-state index < -0.39 is 0 Å². The topological polar surface area (TPSA) is 70.0 Å². The monoisotopic (exact) mass is 322 g/mol. The van der Waals surface area contributed by atoms with Gasteiger partial charge in [-0.25, -0.2) is 4.98 Å². The zero-order chi connectivity index (χ0) is 15.9. The quantitative estimate of drug-likeness (QED) is 0.555. The number of nitrogens with one attached hydrogen (secondary N) is 3. The molecule has 1 aliphatic heterocycles. The molecular weight excluding hydrogens is 300 g/mol. The first-order chi connectivity index (χ1) is 10.6. The number of hydrogen-bond acceptors (Lipinski definition) is 5. The summed E-state index contributed by atoms with van der Waals surface area (Å²) in [5, 5.41) is 14.9. The van der Waals surface area contributed by atoms with E-state index in [-0.39, 0.29) is 6.04 Å². The molecule has 0 bridgehead atoms. The number of pyridine rings is 1. The minimum atomic E-state index is 0.271. The number of allylic oxidation sites excluding steroid dienone is 1. The van der Waals surface area contributed by atoms with Crippen molar-refractivity contribution < 1.29 is 4.74 Å². The Bertz CT molecular complexity index is 539. The van der Waals surface area contributed by atoms with Crippen LogP contribution in [0.1, 0.15) is 32.3 Å². The lowest BCUT2D eigenvalue weighted by molar-refractivity contribution is 0.0812. The van der Waals surface area contributed by atoms with Gasteiger partial charge in [0.2, 0.25) is 0 Å². The fourth-order valence-electron chi connectivity index (χ4n) is 2.36. The molecule has 1 aromatic rings. The molecule has 1 aliphatic rings. The summed E-state index contributed by atoms with van der Waals surface area (Å²) in [5.41, 5.74) is 2.53. The Morgan fingerprint density at radius 3 is 2.82 bits per heavy atom. The number of rotatable bonds is 6. The van der Waals surface area contributed by atoms with Crippen LogP contribution in [-0.4, -0.2) is 36.5 Å². The van der Waals surface area contributed by atoms with Gasteiger partial charge in [-0.3, -0.25) is 0 Å². The van der Waals surface area contributed by atoms with Crippen LogP contribution in [-0.2, 0) is 4.74 Å². The molecule has 0 aromatic carbocycles. The van der Waals surface area contributed by atoms with Crippen LogP contribution in [0.5, 0.6) is 0 Å². The first-order valence-electron chi connectivity index (χ1n) is 7.57. The molecule has 0 spiro atoms. The van der Waals surface area contributed by atoms with E-state index in [0.29, 0.717) is 11.2 Å². The standard InChI is InChI=1S/C16H23ClN4O/c1-11(2)21-15-7-16(17)20-10-14(15)12(8-18)9-19-13-3-5-22-6-4-13/h7-11,13,18-19H,3-6H2,1-2H3,(H,20,21)/b12-9+,18-8?. The Kier molecular flexibility index (Phi) is 6.21. The molecule has 0 aliphatic carbocycles. The van der Waals surface area contributed by atoms with E-state index in [1.165, 1.54) is 6.21 Å². The molecule has 2 rings (SSSR count). The predicted molar refractivity (Wildman–Crippen MR) is 91.7 cm³/mol. The fraction of sp³-hybridized carbons (Fsp3) is 0.500. The molecule has 0 saturated carbocycles. The highest BCUT2D eigenvalue weighted by atomic mass is 35.5. The first-order valence-corrected chi connectivity index (χ1v) is 7.95. The van der Waals surface area contributed by atoms with Crippen LogP contribution in [0.3, 0.4) is 0 Å². The zero-order valence-electron chi connectivity index (χ0n) is 13.0. The summed E-state index contributed by atoms with van der Waals surface area (Å²) in [4.78, 5) is 4.14. The minimum absolute atomic E-state index is 0.271. The van der Waals surface area contributed by atoms with E-state index in [4.69, 9.17) is 21.7 Å². The van der Waals surface area contributed by atoms with Gasteiger partial charge in [-0.2, -0.15) is 0 Å². The van der Waals surface area contributed by atoms with Crippen molar-refractivity contribution in [2.75, 3.05) is 18.5 Å². The predicted octanol–water partition coefficient (Wildman–Crippen LogP) is 3.31. The van der Waals surface area contributed by atoms with Crippen molar-refractivity contribution in [2.45, 2.75) is 38.8 Å². The highest BCUT2D eigenvalue weighted by molar-refractivity contribution is 6.29. The number of ether oxygens (including phenoxy) is 1. The molecule has 2 heterocycles. The molecule has 6 heteroatoms. The Hall–Kier alpha value is -1.59. The van der Waals surface area contributed by atoms with Crippen molar-refractivity contribution in [2.24, 2.45) is 0 Å². The van der Waals surface area contributed by atoms with Gasteiger partial charge < -0.3 is 20.8 Å². The molecule has 120 valence electrons. The van der Waals surface area contributed by atoms with Gasteiger partial charge in [0.05, 0.1) is 0 Å². The van der Waals surface area contributed by atoms with Gasteiger partial charge in [-0.1, -0.05) is 11.6 Å². The maximum absolute atomic E-state index is 7.70. The van der Waals surface area contributed by atoms with Crippen molar-refractivity contribution in [3.05, 3.63) is 29.2 Å². The van der Waals surface area contributed by atoms with Crippen molar-refractivity contribution in [3.8, 4) is 0 Å². The van der Waals surface area contributed by atoms with Crippen LogP contribution in [0.4, 0.5) is 5.69 Å². The normalized spacial score (nSPS) is 16.6. The molecule has 22 heavy (non-hydrogen) atoms. The van der Waals surface area contributed by atoms with Gasteiger partial charge >= 0.3 is 0 Å². The smallest absolute Gasteiger partial charge is 0.131 e. The van der Waals surface area contributed by atoms with Gasteiger partial charge in [0, 0.05) is 60.7 Å². The second-order valence-electron chi connectivity index (χ2n) is 5.65. The second-order valence-corrected chi connectivity index (χ2v) is 6.04. The van der Waals surface area contributed by atoms with Gasteiger partial charge in [-0.15, -0.1) is 0 Å². The molecule has 5 nitrogen and oxygen atoms in total. The lowest BCUT2D eigenvalue weighted by Crippen LogP contribution is -2.31. The van der Waals surface area contributed by atoms with Crippen LogP contribution >= 0.6 is 11.6 Å². The van der Waals surface area contributed by atoms with Crippen LogP contribution in [0.2, 0.25) is 5.15 Å². The van der Waals surface area contributed by atoms with E-state index in [0.717, 1.165) is 42.9 Å². The molecule has 3 N–H and O–H groups in total. The SMILES string of the molecule is CC(C)Nc1cc(Cl)ncc1/C(C=N)=C/NC1CCOCC1. The summed E-state index contributed by atoms with van der Waals surface area (Å²) in [6.45, 7) is 5.69. The van der Waals surface area contributed by atoms with E-state index in [9.17, 15) is 0 Å². The van der Waals surface area contributed by atoms with E-state index in [1.807, 2.05) is 6.20 Å². The maximum Gasteiger partial charge on any atom is 0.131 e. The third-order valence-electron chi connectivity index (χ3n) is 3.48. The summed E-state index contributed by atoms with van der Waals surface area (Å²) >= 11 is 5.99. The number of aromatic nitrogens is 1. The third-order valence-corrected chi connectivity index (χ3v) is 3.68. The van der Waals surface area contributed by atoms with Crippen molar-refractivity contribution in [3.63, 3.8) is 0 Å². The zero-order valence-corrected chi connectivity index (χ0v) is 13.8. The summed E-state index contributed by atoms with van der Waals surface area (Å²) in [6, 6.07) is 2.46. The van der Waals surface area contributed by atoms with Gasteiger partial charge in [0.15, 0.2) is 0 Å². The minimum Gasteiger partial charge on any atom is -0.387 e. The van der Waals surface area contributed by atoms with E-state index in [2.05, 4.69) is 29.5 Å². The highest BCUT2D eigenvalue weighted by Gasteiger charge is 2.13. The van der Waals surface area contributed by atoms with Gasteiger partial charge in [0.1, 0.15) is 5.15 Å². The molecular formula is C16H23ClN4O. The van der Waals surface area contributed by atoms with Crippen LogP contribution < -0.4 is 10.6 Å². The second kappa shape index (κ2) is 8.15. The number of nitrogens with zero attached hydrogens (tertiary/aromatic N) is 1. The highest BCUT2D eigenvalue weighted by Crippen LogP contribution is 2.25.